The molecule has 8 aromatic rings. The predicted molar refractivity (Wildman–Crippen MR) is 202 cm³/mol. The summed E-state index contributed by atoms with van der Waals surface area (Å²) in [4.78, 5) is 7.67. The first kappa shape index (κ1) is 29.0. The maximum Gasteiger partial charge on any atom is 0.187 e. The van der Waals surface area contributed by atoms with Gasteiger partial charge in [0.05, 0.1) is 35.8 Å². The van der Waals surface area contributed by atoms with Gasteiger partial charge in [-0.25, -0.2) is 9.69 Å². The molecule has 0 saturated carbocycles. The minimum Gasteiger partial charge on any atom is -0.309 e. The van der Waals surface area contributed by atoms with Crippen molar-refractivity contribution in [2.75, 3.05) is 0 Å². The van der Waals surface area contributed by atoms with Crippen LogP contribution in [-0.4, -0.2) is 4.57 Å². The Kier molecular flexibility index (Phi) is 6.67. The van der Waals surface area contributed by atoms with Crippen LogP contribution in [0, 0.1) is 24.5 Å². The van der Waals surface area contributed by atoms with E-state index in [1.165, 1.54) is 10.8 Å². The first-order valence-corrected chi connectivity index (χ1v) is 16.4. The first-order chi connectivity index (χ1) is 24.7. The highest BCUT2D eigenvalue weighted by Crippen LogP contribution is 2.52. The summed E-state index contributed by atoms with van der Waals surface area (Å²) in [5.74, 6) is -0.154. The Hall–Kier alpha value is -7.19. The first-order valence-electron chi connectivity index (χ1n) is 16.4. The standard InChI is InChI=1S/C46H26N4/c1-48-31-19-22-34(30-10-9-11-33(25-30)50-44-16-7-5-13-37(44)38-14-6-8-17-45(38)50)42(26-31)36-23-20-32(49-2)27-43(36)46-39-15-4-3-12-35(39)41-24-29(28-47)18-21-40(41)46/h3-27,46H. The van der Waals surface area contributed by atoms with E-state index in [2.05, 4.69) is 117 Å². The monoisotopic (exact) mass is 634 g/mol. The highest BCUT2D eigenvalue weighted by Gasteiger charge is 2.32. The molecule has 1 heterocycles. The number of nitrogens with zero attached hydrogens (tertiary/aromatic N) is 4. The number of rotatable bonds is 4. The van der Waals surface area contributed by atoms with Crippen molar-refractivity contribution in [1.82, 2.24) is 4.57 Å². The molecule has 1 aliphatic rings. The van der Waals surface area contributed by atoms with Gasteiger partial charge in [-0.15, -0.1) is 0 Å². The van der Waals surface area contributed by atoms with Crippen molar-refractivity contribution in [3.05, 3.63) is 197 Å². The Morgan fingerprint density at radius 3 is 1.88 bits per heavy atom. The molecule has 9 rings (SSSR count). The molecule has 0 aliphatic heterocycles. The van der Waals surface area contributed by atoms with E-state index in [1.54, 1.807) is 0 Å². The fourth-order valence-corrected chi connectivity index (χ4v) is 7.80. The predicted octanol–water partition coefficient (Wildman–Crippen LogP) is 12.3. The van der Waals surface area contributed by atoms with Gasteiger partial charge in [0.2, 0.25) is 0 Å². The van der Waals surface area contributed by atoms with Crippen LogP contribution in [0.5, 0.6) is 0 Å². The Labute approximate surface area is 290 Å². The van der Waals surface area contributed by atoms with Crippen LogP contribution in [0.1, 0.15) is 28.2 Å². The summed E-state index contributed by atoms with van der Waals surface area (Å²) in [7, 11) is 0. The molecular formula is C46H26N4. The maximum atomic E-state index is 9.72. The highest BCUT2D eigenvalue weighted by molar-refractivity contribution is 6.09. The van der Waals surface area contributed by atoms with E-state index < -0.39 is 0 Å². The maximum absolute atomic E-state index is 9.72. The molecule has 0 amide bonds. The Morgan fingerprint density at radius 2 is 1.14 bits per heavy atom. The minimum atomic E-state index is -0.154. The number of para-hydroxylation sites is 2. The van der Waals surface area contributed by atoms with Crippen LogP contribution in [0.15, 0.2) is 152 Å². The molecule has 1 aliphatic carbocycles. The zero-order valence-electron chi connectivity index (χ0n) is 26.8. The van der Waals surface area contributed by atoms with Gasteiger partial charge < -0.3 is 4.57 Å². The fraction of sp³-hybridized carbons (Fsp3) is 0.0217. The lowest BCUT2D eigenvalue weighted by Crippen LogP contribution is -2.02. The number of aromatic nitrogens is 1. The lowest BCUT2D eigenvalue weighted by Gasteiger charge is -2.22. The van der Waals surface area contributed by atoms with Gasteiger partial charge in [0.25, 0.3) is 0 Å². The summed E-state index contributed by atoms with van der Waals surface area (Å²) in [5, 5.41) is 12.1. The molecule has 7 aromatic carbocycles. The Morgan fingerprint density at radius 1 is 0.500 bits per heavy atom. The lowest BCUT2D eigenvalue weighted by molar-refractivity contribution is 1.02. The zero-order valence-corrected chi connectivity index (χ0v) is 26.8. The topological polar surface area (TPSA) is 37.4 Å². The van der Waals surface area contributed by atoms with E-state index in [9.17, 15) is 5.26 Å². The molecule has 230 valence electrons. The largest absolute Gasteiger partial charge is 0.309 e. The Bertz CT molecular complexity index is 2760. The van der Waals surface area contributed by atoms with Crippen molar-refractivity contribution in [3.8, 4) is 45.1 Å². The normalized spacial score (nSPS) is 12.9. The van der Waals surface area contributed by atoms with Gasteiger partial charge in [-0.2, -0.15) is 5.26 Å². The number of fused-ring (bicyclic) bond motifs is 6. The second-order valence-corrected chi connectivity index (χ2v) is 12.6. The molecule has 50 heavy (non-hydrogen) atoms. The van der Waals surface area contributed by atoms with Crippen LogP contribution >= 0.6 is 0 Å². The van der Waals surface area contributed by atoms with Gasteiger partial charge in [-0.05, 0) is 92.5 Å². The second kappa shape index (κ2) is 11.5. The van der Waals surface area contributed by atoms with Crippen LogP contribution < -0.4 is 0 Å². The van der Waals surface area contributed by atoms with Gasteiger partial charge in [-0.1, -0.05) is 109 Å². The van der Waals surface area contributed by atoms with Gasteiger partial charge in [-0.3, -0.25) is 0 Å². The van der Waals surface area contributed by atoms with E-state index in [1.807, 2.05) is 54.6 Å². The van der Waals surface area contributed by atoms with Crippen LogP contribution in [-0.2, 0) is 0 Å². The molecule has 0 saturated heterocycles. The van der Waals surface area contributed by atoms with Gasteiger partial charge in [0.15, 0.2) is 11.4 Å². The summed E-state index contributed by atoms with van der Waals surface area (Å²) >= 11 is 0. The van der Waals surface area contributed by atoms with Gasteiger partial charge >= 0.3 is 0 Å². The summed E-state index contributed by atoms with van der Waals surface area (Å²) in [5.41, 5.74) is 14.4. The SMILES string of the molecule is [C-]#[N+]c1ccc(-c2cccc(-n3c4ccccc4c4ccccc43)c2)c(-c2ccc([N+]#[C-])cc2C2c3ccccc3-c3cc(C#N)ccc32)c1. The van der Waals surface area contributed by atoms with Gasteiger partial charge in [0, 0.05) is 22.4 Å². The minimum absolute atomic E-state index is 0.154. The molecule has 0 radical (unpaired) electrons. The van der Waals surface area contributed by atoms with Crippen molar-refractivity contribution in [1.29, 1.82) is 5.26 Å². The summed E-state index contributed by atoms with van der Waals surface area (Å²) in [6.45, 7) is 15.9. The molecule has 4 heteroatoms. The number of benzene rings is 7. The highest BCUT2D eigenvalue weighted by atomic mass is 15.0. The molecule has 1 unspecified atom stereocenters. The molecule has 0 fully saturated rings. The molecule has 1 aromatic heterocycles. The van der Waals surface area contributed by atoms with E-state index in [4.69, 9.17) is 13.1 Å². The average Bonchev–Trinajstić information content (AvgIpc) is 3.70. The second-order valence-electron chi connectivity index (χ2n) is 12.6. The smallest absolute Gasteiger partial charge is 0.187 e. The van der Waals surface area contributed by atoms with Crippen LogP contribution in [0.4, 0.5) is 11.4 Å². The number of hydrogen-bond donors (Lipinski definition) is 0. The van der Waals surface area contributed by atoms with Gasteiger partial charge in [0.1, 0.15) is 0 Å². The van der Waals surface area contributed by atoms with Crippen LogP contribution in [0.2, 0.25) is 0 Å². The van der Waals surface area contributed by atoms with Crippen LogP contribution in [0.3, 0.4) is 0 Å². The molecule has 0 bridgehead atoms. The van der Waals surface area contributed by atoms with E-state index in [0.717, 1.165) is 66.8 Å². The third kappa shape index (κ3) is 4.43. The van der Waals surface area contributed by atoms with Crippen molar-refractivity contribution in [2.24, 2.45) is 0 Å². The Balaban J connectivity index is 1.28. The fourth-order valence-electron chi connectivity index (χ4n) is 7.80. The summed E-state index contributed by atoms with van der Waals surface area (Å²) < 4.78 is 2.32. The van der Waals surface area contributed by atoms with E-state index in [0.29, 0.717) is 16.9 Å². The molecule has 0 spiro atoms. The van der Waals surface area contributed by atoms with E-state index in [-0.39, 0.29) is 5.92 Å². The molecular weight excluding hydrogens is 609 g/mol. The van der Waals surface area contributed by atoms with Crippen molar-refractivity contribution >= 4 is 33.2 Å². The van der Waals surface area contributed by atoms with Crippen molar-refractivity contribution in [2.45, 2.75) is 5.92 Å². The number of nitriles is 1. The van der Waals surface area contributed by atoms with Crippen molar-refractivity contribution in [3.63, 3.8) is 0 Å². The third-order valence-electron chi connectivity index (χ3n) is 9.95. The summed E-state index contributed by atoms with van der Waals surface area (Å²) in [6.07, 6.45) is 0. The molecule has 0 N–H and O–H groups in total. The lowest BCUT2D eigenvalue weighted by atomic mass is 9.82. The quantitative estimate of drug-likeness (QED) is 0.178. The molecule has 1 atom stereocenters. The average molecular weight is 635 g/mol. The van der Waals surface area contributed by atoms with Crippen LogP contribution in [0.25, 0.3) is 70.6 Å². The summed E-state index contributed by atoms with van der Waals surface area (Å²) in [6, 6.07) is 54.0. The number of hydrogen-bond acceptors (Lipinski definition) is 1. The molecule has 4 nitrogen and oxygen atoms in total. The zero-order chi connectivity index (χ0) is 33.8. The third-order valence-corrected chi connectivity index (χ3v) is 9.95. The van der Waals surface area contributed by atoms with Crippen molar-refractivity contribution < 1.29 is 0 Å². The van der Waals surface area contributed by atoms with E-state index >= 15 is 0 Å².